The molecule has 0 bridgehead atoms. The summed E-state index contributed by atoms with van der Waals surface area (Å²) in [6, 6.07) is 3.68. The summed E-state index contributed by atoms with van der Waals surface area (Å²) in [6.45, 7) is 0.178. The van der Waals surface area contributed by atoms with Gasteiger partial charge in [0.25, 0.3) is 0 Å². The Hall–Kier alpha value is -0.0800. The van der Waals surface area contributed by atoms with Gasteiger partial charge in [-0.2, -0.15) is 8.78 Å². The molecule has 0 heterocycles. The lowest BCUT2D eigenvalue weighted by molar-refractivity contribution is 0.0556. The molecule has 0 aliphatic heterocycles. The first-order valence-corrected chi connectivity index (χ1v) is 6.81. The zero-order chi connectivity index (χ0) is 12.6. The summed E-state index contributed by atoms with van der Waals surface area (Å²) < 4.78 is 37.5. The van der Waals surface area contributed by atoms with E-state index in [0.29, 0.717) is 5.56 Å². The predicted molar refractivity (Wildman–Crippen MR) is 63.0 cm³/mol. The van der Waals surface area contributed by atoms with E-state index in [9.17, 15) is 13.3 Å². The summed E-state index contributed by atoms with van der Waals surface area (Å²) in [7, 11) is -5.51. The molecule has 1 aromatic carbocycles. The topological polar surface area (TPSA) is 83.6 Å². The minimum Gasteiger partial charge on any atom is -0.326 e. The van der Waals surface area contributed by atoms with E-state index in [4.69, 9.17) is 15.5 Å². The maximum atomic E-state index is 13.4. The third kappa shape index (κ3) is 2.60. The van der Waals surface area contributed by atoms with Crippen molar-refractivity contribution in [2.45, 2.75) is 12.2 Å². The fraction of sp³-hybridized carbons (Fsp3) is 0.250. The van der Waals surface area contributed by atoms with Crippen LogP contribution in [-0.2, 0) is 16.8 Å². The molecule has 1 aromatic rings. The molecule has 4 nitrogen and oxygen atoms in total. The van der Waals surface area contributed by atoms with E-state index in [0.717, 1.165) is 6.07 Å². The van der Waals surface area contributed by atoms with E-state index < -0.39 is 18.8 Å². The van der Waals surface area contributed by atoms with Gasteiger partial charge in [0.1, 0.15) is 0 Å². The monoisotopic (exact) mass is 363 g/mol. The first-order valence-electron chi connectivity index (χ1n) is 4.12. The number of alkyl halides is 2. The molecule has 1 rings (SSSR count). The summed E-state index contributed by atoms with van der Waals surface area (Å²) >= 11 is 1.60. The smallest absolute Gasteiger partial charge is 0.326 e. The van der Waals surface area contributed by atoms with Gasteiger partial charge in [-0.1, -0.05) is 12.1 Å². The van der Waals surface area contributed by atoms with Crippen LogP contribution in [0.5, 0.6) is 0 Å². The first kappa shape index (κ1) is 14.0. The Balaban J connectivity index is 3.30. The minimum absolute atomic E-state index is 0.0777. The zero-order valence-electron chi connectivity index (χ0n) is 7.90. The molecule has 4 N–H and O–H groups in total. The van der Waals surface area contributed by atoms with Crippen molar-refractivity contribution in [2.75, 3.05) is 0 Å². The van der Waals surface area contributed by atoms with Crippen molar-refractivity contribution in [1.82, 2.24) is 0 Å². The van der Waals surface area contributed by atoms with Crippen molar-refractivity contribution >= 4 is 30.2 Å². The van der Waals surface area contributed by atoms with Crippen LogP contribution in [0.4, 0.5) is 8.78 Å². The summed E-state index contributed by atoms with van der Waals surface area (Å²) in [5.41, 5.74) is 1.09. The van der Waals surface area contributed by atoms with Crippen molar-refractivity contribution in [3.05, 3.63) is 32.9 Å². The number of hydrogen-bond acceptors (Lipinski definition) is 2. The third-order valence-electron chi connectivity index (χ3n) is 1.96. The summed E-state index contributed by atoms with van der Waals surface area (Å²) in [6.07, 6.45) is 0. The SMILES string of the molecule is NCc1ccc(C(F)(F)P(=O)(O)O)c(I)c1. The maximum absolute atomic E-state index is 13.4. The Kier molecular flexibility index (Phi) is 4.07. The molecule has 0 radical (unpaired) electrons. The van der Waals surface area contributed by atoms with Gasteiger partial charge in [0.15, 0.2) is 0 Å². The number of halogens is 3. The van der Waals surface area contributed by atoms with E-state index in [1.165, 1.54) is 12.1 Å². The van der Waals surface area contributed by atoms with Gasteiger partial charge in [-0.25, -0.2) is 0 Å². The second-order valence-electron chi connectivity index (χ2n) is 3.10. The molecule has 0 fully saturated rings. The van der Waals surface area contributed by atoms with E-state index in [-0.39, 0.29) is 10.1 Å². The molecule has 0 unspecified atom stereocenters. The second kappa shape index (κ2) is 4.66. The molecule has 0 spiro atoms. The van der Waals surface area contributed by atoms with Gasteiger partial charge in [-0.3, -0.25) is 4.57 Å². The lowest BCUT2D eigenvalue weighted by Gasteiger charge is -2.19. The van der Waals surface area contributed by atoms with Crippen LogP contribution in [0.15, 0.2) is 18.2 Å². The molecule has 0 saturated carbocycles. The second-order valence-corrected chi connectivity index (χ2v) is 5.92. The first-order chi connectivity index (χ1) is 7.20. The van der Waals surface area contributed by atoms with Gasteiger partial charge in [0.05, 0.1) is 0 Å². The van der Waals surface area contributed by atoms with Crippen molar-refractivity contribution < 1.29 is 23.1 Å². The van der Waals surface area contributed by atoms with E-state index in [2.05, 4.69) is 0 Å². The molecule has 0 aromatic heterocycles. The molecule has 0 aliphatic carbocycles. The van der Waals surface area contributed by atoms with Crippen molar-refractivity contribution in [1.29, 1.82) is 0 Å². The molecule has 8 heteroatoms. The Bertz CT molecular complexity index is 449. The van der Waals surface area contributed by atoms with Crippen LogP contribution < -0.4 is 5.73 Å². The van der Waals surface area contributed by atoms with Crippen molar-refractivity contribution in [3.63, 3.8) is 0 Å². The van der Waals surface area contributed by atoms with Crippen LogP contribution in [0.1, 0.15) is 11.1 Å². The molecule has 16 heavy (non-hydrogen) atoms. The predicted octanol–water partition coefficient (Wildman–Crippen LogP) is 1.98. The van der Waals surface area contributed by atoms with E-state index in [1.807, 2.05) is 0 Å². The van der Waals surface area contributed by atoms with Crippen LogP contribution >= 0.6 is 30.2 Å². The molecule has 0 saturated heterocycles. The van der Waals surface area contributed by atoms with Crippen LogP contribution in [0.2, 0.25) is 0 Å². The number of hydrogen-bond donors (Lipinski definition) is 3. The minimum atomic E-state index is -5.51. The standard InChI is InChI=1S/C8H9F2INO3P/c9-8(10,16(13,14)15)6-2-1-5(4-12)3-7(6)11/h1-3H,4,12H2,(H2,13,14,15). The van der Waals surface area contributed by atoms with Gasteiger partial charge in [0.2, 0.25) is 0 Å². The van der Waals surface area contributed by atoms with E-state index in [1.54, 1.807) is 22.6 Å². The van der Waals surface area contributed by atoms with Gasteiger partial charge in [-0.05, 0) is 34.2 Å². The highest BCUT2D eigenvalue weighted by Gasteiger charge is 2.51. The third-order valence-corrected chi connectivity index (χ3v) is 3.82. The average molecular weight is 363 g/mol. The van der Waals surface area contributed by atoms with Gasteiger partial charge in [-0.15, -0.1) is 0 Å². The Morgan fingerprint density at radius 1 is 1.44 bits per heavy atom. The number of nitrogens with two attached hydrogens (primary N) is 1. The van der Waals surface area contributed by atoms with Crippen molar-refractivity contribution in [2.24, 2.45) is 5.73 Å². The molecule has 0 atom stereocenters. The Labute approximate surface area is 104 Å². The summed E-state index contributed by atoms with van der Waals surface area (Å²) in [5, 5.41) is 0. The van der Waals surface area contributed by atoms with Crippen LogP contribution in [0.25, 0.3) is 0 Å². The highest BCUT2D eigenvalue weighted by atomic mass is 127. The van der Waals surface area contributed by atoms with Gasteiger partial charge in [0, 0.05) is 15.7 Å². The lowest BCUT2D eigenvalue weighted by atomic mass is 10.1. The zero-order valence-corrected chi connectivity index (χ0v) is 11.0. The van der Waals surface area contributed by atoms with Gasteiger partial charge >= 0.3 is 13.3 Å². The number of rotatable bonds is 3. The number of benzene rings is 1. The highest BCUT2D eigenvalue weighted by molar-refractivity contribution is 14.1. The van der Waals surface area contributed by atoms with Crippen LogP contribution in [0.3, 0.4) is 0 Å². The summed E-state index contributed by atoms with van der Waals surface area (Å²) in [5.74, 6) is 0. The Morgan fingerprint density at radius 3 is 2.38 bits per heavy atom. The highest BCUT2D eigenvalue weighted by Crippen LogP contribution is 2.59. The molecular formula is C8H9F2INO3P. The lowest BCUT2D eigenvalue weighted by Crippen LogP contribution is -2.15. The quantitative estimate of drug-likeness (QED) is 0.567. The van der Waals surface area contributed by atoms with Crippen molar-refractivity contribution in [3.8, 4) is 0 Å². The molecular weight excluding hydrogens is 354 g/mol. The molecule has 0 amide bonds. The van der Waals surface area contributed by atoms with Crippen LogP contribution in [-0.4, -0.2) is 9.79 Å². The maximum Gasteiger partial charge on any atom is 0.399 e. The summed E-state index contributed by atoms with van der Waals surface area (Å²) in [4.78, 5) is 17.2. The largest absolute Gasteiger partial charge is 0.399 e. The molecule has 90 valence electrons. The average Bonchev–Trinajstić information content (AvgIpc) is 2.15. The fourth-order valence-electron chi connectivity index (χ4n) is 1.09. The van der Waals surface area contributed by atoms with E-state index >= 15 is 0 Å². The fourth-order valence-corrected chi connectivity index (χ4v) is 2.73. The Morgan fingerprint density at radius 2 is 2.00 bits per heavy atom. The van der Waals surface area contributed by atoms with Crippen LogP contribution in [0, 0.1) is 3.57 Å². The van der Waals surface area contributed by atoms with Gasteiger partial charge < -0.3 is 15.5 Å². The normalized spacial score (nSPS) is 12.9. The molecule has 0 aliphatic rings.